The van der Waals surface area contributed by atoms with E-state index in [1.165, 1.54) is 29.0 Å². The summed E-state index contributed by atoms with van der Waals surface area (Å²) >= 11 is 1.40. The molecule has 1 aliphatic heterocycles. The van der Waals surface area contributed by atoms with Crippen molar-refractivity contribution in [1.82, 2.24) is 19.5 Å². The number of aliphatic carboxylic acids is 1. The third-order valence-electron chi connectivity index (χ3n) is 4.21. The number of rotatable bonds is 8. The predicted octanol–water partition coefficient (Wildman–Crippen LogP) is -0.805. The molecule has 3 heterocycles. The van der Waals surface area contributed by atoms with E-state index in [1.807, 2.05) is 0 Å². The summed E-state index contributed by atoms with van der Waals surface area (Å²) < 4.78 is 7.28. The number of nitrogens with two attached hydrogens (primary N) is 1. The van der Waals surface area contributed by atoms with Gasteiger partial charge in [-0.2, -0.15) is 11.8 Å². The first-order valence-corrected chi connectivity index (χ1v) is 9.34. The number of aromatic nitrogens is 4. The van der Waals surface area contributed by atoms with Crippen LogP contribution in [0, 0.1) is 0 Å². The molecule has 4 atom stereocenters. The molecule has 1 saturated heterocycles. The first-order valence-electron chi connectivity index (χ1n) is 8.18. The van der Waals surface area contributed by atoms with E-state index >= 15 is 0 Å². The highest BCUT2D eigenvalue weighted by molar-refractivity contribution is 7.99. The van der Waals surface area contributed by atoms with E-state index in [9.17, 15) is 19.8 Å². The molecule has 27 heavy (non-hydrogen) atoms. The van der Waals surface area contributed by atoms with Crippen LogP contribution in [-0.2, 0) is 14.3 Å². The van der Waals surface area contributed by atoms with Crippen LogP contribution < -0.4 is 5.73 Å². The van der Waals surface area contributed by atoms with Crippen LogP contribution in [0.25, 0.3) is 11.2 Å². The van der Waals surface area contributed by atoms with E-state index in [2.05, 4.69) is 15.0 Å². The number of aliphatic hydroxyl groups is 2. The Morgan fingerprint density at radius 3 is 2.78 bits per heavy atom. The highest BCUT2D eigenvalue weighted by Crippen LogP contribution is 2.33. The van der Waals surface area contributed by atoms with Crippen LogP contribution in [0.1, 0.15) is 19.1 Å². The van der Waals surface area contributed by atoms with Crippen molar-refractivity contribution in [3.63, 3.8) is 0 Å². The lowest BCUT2D eigenvalue weighted by Gasteiger charge is -2.16. The van der Waals surface area contributed by atoms with Gasteiger partial charge >= 0.3 is 5.97 Å². The fourth-order valence-corrected chi connectivity index (χ4v) is 3.82. The quantitative estimate of drug-likeness (QED) is 0.324. The predicted molar refractivity (Wildman–Crippen MR) is 94.9 cm³/mol. The maximum Gasteiger partial charge on any atom is 0.372 e. The highest BCUT2D eigenvalue weighted by Gasteiger charge is 2.44. The van der Waals surface area contributed by atoms with Crippen molar-refractivity contribution >= 4 is 40.5 Å². The molecule has 146 valence electrons. The number of anilines is 1. The second kappa shape index (κ2) is 8.17. The number of carbonyl (C=O) groups excluding carboxylic acids is 1. The first kappa shape index (κ1) is 19.5. The zero-order chi connectivity index (χ0) is 19.6. The summed E-state index contributed by atoms with van der Waals surface area (Å²) in [5, 5.41) is 29.1. The Morgan fingerprint density at radius 1 is 1.26 bits per heavy atom. The van der Waals surface area contributed by atoms with Crippen LogP contribution in [0.4, 0.5) is 5.82 Å². The number of Topliss-reactive ketones (excluding diaryl/α,β-unsaturated/α-hetero) is 1. The molecule has 0 bridgehead atoms. The van der Waals surface area contributed by atoms with Gasteiger partial charge in [0.25, 0.3) is 0 Å². The number of ether oxygens (including phenoxy) is 1. The fraction of sp³-hybridized carbons (Fsp3) is 0.533. The molecule has 0 aliphatic carbocycles. The van der Waals surface area contributed by atoms with Crippen LogP contribution >= 0.6 is 11.8 Å². The molecular formula is C15H19N5O6S. The van der Waals surface area contributed by atoms with Crippen LogP contribution in [0.3, 0.4) is 0 Å². The van der Waals surface area contributed by atoms with Gasteiger partial charge in [-0.15, -0.1) is 0 Å². The van der Waals surface area contributed by atoms with E-state index in [4.69, 9.17) is 15.6 Å². The zero-order valence-electron chi connectivity index (χ0n) is 14.1. The summed E-state index contributed by atoms with van der Waals surface area (Å²) in [6.07, 6.45) is -0.739. The monoisotopic (exact) mass is 397 g/mol. The molecule has 0 radical (unpaired) electrons. The van der Waals surface area contributed by atoms with Crippen molar-refractivity contribution in [3.05, 3.63) is 12.7 Å². The maximum atomic E-state index is 11.0. The van der Waals surface area contributed by atoms with Crippen molar-refractivity contribution in [2.45, 2.75) is 37.4 Å². The number of aliphatic hydroxyl groups excluding tert-OH is 2. The number of nitrogen functional groups attached to an aromatic ring is 1. The van der Waals surface area contributed by atoms with Crippen LogP contribution in [0.2, 0.25) is 0 Å². The third-order valence-corrected chi connectivity index (χ3v) is 5.35. The van der Waals surface area contributed by atoms with Gasteiger partial charge in [0.15, 0.2) is 17.7 Å². The van der Waals surface area contributed by atoms with E-state index in [0.29, 0.717) is 29.1 Å². The van der Waals surface area contributed by atoms with E-state index in [0.717, 1.165) is 0 Å². The van der Waals surface area contributed by atoms with Crippen molar-refractivity contribution in [2.24, 2.45) is 0 Å². The van der Waals surface area contributed by atoms with Crippen molar-refractivity contribution in [3.8, 4) is 0 Å². The maximum absolute atomic E-state index is 11.0. The summed E-state index contributed by atoms with van der Waals surface area (Å²) in [7, 11) is 0. The molecule has 0 spiro atoms. The number of ketones is 1. The number of hydrogen-bond donors (Lipinski definition) is 4. The molecule has 0 saturated carbocycles. The number of carboxylic acids is 1. The Kier molecular flexibility index (Phi) is 5.89. The van der Waals surface area contributed by atoms with Crippen LogP contribution in [0.15, 0.2) is 12.7 Å². The number of nitrogens with zero attached hydrogens (tertiary/aromatic N) is 4. The molecule has 1 aliphatic rings. The number of carboxylic acid groups (broad SMARTS) is 1. The standard InChI is InChI=1S/C15H19N5O6S/c16-12-9-13(18-5-17-12)20(6-19-9)14-11(23)10(22)8(26-14)4-27-3-1-2-7(21)15(24)25/h5-6,8,10-11,14,22-23H,1-4H2,(H,24,25)(H2,16,17,18)/t8-,10-,11-,14-/m1/s1. The number of hydrogen-bond acceptors (Lipinski definition) is 10. The molecule has 1 fully saturated rings. The minimum absolute atomic E-state index is 0.0379. The summed E-state index contributed by atoms with van der Waals surface area (Å²) in [4.78, 5) is 33.6. The number of imidazole rings is 1. The molecule has 3 rings (SSSR count). The molecule has 5 N–H and O–H groups in total. The molecule has 11 nitrogen and oxygen atoms in total. The fourth-order valence-electron chi connectivity index (χ4n) is 2.79. The summed E-state index contributed by atoms with van der Waals surface area (Å²) in [6.45, 7) is 0. The van der Waals surface area contributed by atoms with Crippen molar-refractivity contribution in [1.29, 1.82) is 0 Å². The molecule has 2 aromatic rings. The molecule has 2 aromatic heterocycles. The molecule has 0 aromatic carbocycles. The number of thioether (sulfide) groups is 1. The first-order chi connectivity index (χ1) is 12.9. The van der Waals surface area contributed by atoms with E-state index in [-0.39, 0.29) is 12.2 Å². The largest absolute Gasteiger partial charge is 0.476 e. The second-order valence-corrected chi connectivity index (χ2v) is 7.19. The minimum Gasteiger partial charge on any atom is -0.476 e. The third kappa shape index (κ3) is 4.03. The number of carbonyl (C=O) groups is 2. The van der Waals surface area contributed by atoms with Crippen molar-refractivity contribution < 1.29 is 29.6 Å². The lowest BCUT2D eigenvalue weighted by Crippen LogP contribution is -2.32. The Morgan fingerprint density at radius 2 is 2.04 bits per heavy atom. The normalized spacial score (nSPS) is 25.1. The van der Waals surface area contributed by atoms with Crippen molar-refractivity contribution in [2.75, 3.05) is 17.2 Å². The Bertz CT molecular complexity index is 845. The molecule has 0 amide bonds. The topological polar surface area (TPSA) is 174 Å². The SMILES string of the molecule is Nc1ncnc2c1ncn2[C@@H]1O[C@H](CSCCCC(=O)C(=O)O)[C@@H](O)[C@H]1O. The van der Waals surface area contributed by atoms with Gasteiger partial charge in [-0.3, -0.25) is 9.36 Å². The Hall–Kier alpha value is -2.28. The van der Waals surface area contributed by atoms with Gasteiger partial charge in [0, 0.05) is 12.2 Å². The Labute approximate surface area is 157 Å². The van der Waals surface area contributed by atoms with Gasteiger partial charge in [0.1, 0.15) is 24.1 Å². The molecule has 12 heteroatoms. The average molecular weight is 397 g/mol. The second-order valence-electron chi connectivity index (χ2n) is 6.04. The summed E-state index contributed by atoms with van der Waals surface area (Å²) in [6, 6.07) is 0. The highest BCUT2D eigenvalue weighted by atomic mass is 32.2. The van der Waals surface area contributed by atoms with Gasteiger partial charge in [0.05, 0.1) is 12.4 Å². The lowest BCUT2D eigenvalue weighted by atomic mass is 10.1. The molecular weight excluding hydrogens is 378 g/mol. The lowest BCUT2D eigenvalue weighted by molar-refractivity contribution is -0.149. The van der Waals surface area contributed by atoms with Gasteiger partial charge < -0.3 is 25.8 Å². The zero-order valence-corrected chi connectivity index (χ0v) is 14.9. The average Bonchev–Trinajstić information content (AvgIpc) is 3.18. The van der Waals surface area contributed by atoms with E-state index < -0.39 is 36.3 Å². The van der Waals surface area contributed by atoms with Gasteiger partial charge in [-0.1, -0.05) is 0 Å². The van der Waals surface area contributed by atoms with Crippen LogP contribution in [0.5, 0.6) is 0 Å². The van der Waals surface area contributed by atoms with E-state index in [1.54, 1.807) is 0 Å². The number of fused-ring (bicyclic) bond motifs is 1. The summed E-state index contributed by atoms with van der Waals surface area (Å²) in [5.74, 6) is -1.15. The minimum atomic E-state index is -1.43. The Balaban J connectivity index is 1.58. The smallest absolute Gasteiger partial charge is 0.372 e. The van der Waals surface area contributed by atoms with Crippen LogP contribution in [-0.4, -0.2) is 76.4 Å². The molecule has 0 unspecified atom stereocenters. The van der Waals surface area contributed by atoms with Gasteiger partial charge in [0.2, 0.25) is 5.78 Å². The van der Waals surface area contributed by atoms with Gasteiger partial charge in [-0.05, 0) is 12.2 Å². The van der Waals surface area contributed by atoms with Gasteiger partial charge in [-0.25, -0.2) is 19.7 Å². The summed E-state index contributed by atoms with van der Waals surface area (Å²) in [5.41, 5.74) is 6.51.